The van der Waals surface area contributed by atoms with E-state index >= 15 is 0 Å². The minimum absolute atomic E-state index is 0.191. The van der Waals surface area contributed by atoms with Gasteiger partial charge >= 0.3 is 0 Å². The highest BCUT2D eigenvalue weighted by Gasteiger charge is 2.27. The van der Waals surface area contributed by atoms with E-state index in [0.717, 1.165) is 52.7 Å². The molecule has 6 heteroatoms. The number of hydrogen-bond donors (Lipinski definition) is 1. The first-order valence-electron chi connectivity index (χ1n) is 9.34. The molecule has 1 aliphatic heterocycles. The van der Waals surface area contributed by atoms with Gasteiger partial charge in [-0.25, -0.2) is 0 Å². The summed E-state index contributed by atoms with van der Waals surface area (Å²) in [4.78, 5) is 25.7. The Morgan fingerprint density at radius 2 is 1.74 bits per heavy atom. The minimum Gasteiger partial charge on any atom is -0.497 e. The van der Waals surface area contributed by atoms with Crippen molar-refractivity contribution in [1.82, 2.24) is 5.32 Å². The molecule has 1 saturated heterocycles. The van der Waals surface area contributed by atoms with E-state index in [9.17, 15) is 9.59 Å². The van der Waals surface area contributed by atoms with Gasteiger partial charge < -0.3 is 10.1 Å². The van der Waals surface area contributed by atoms with Crippen LogP contribution in [0.25, 0.3) is 6.08 Å². The number of thioether (sulfide) groups is 2. The van der Waals surface area contributed by atoms with Gasteiger partial charge in [-0.05, 0) is 36.6 Å². The molecule has 2 fully saturated rings. The minimum atomic E-state index is -0.226. The first-order valence-corrected chi connectivity index (χ1v) is 11.3. The molecule has 2 aliphatic rings. The normalized spacial score (nSPS) is 17.9. The molecule has 1 amide bonds. The molecule has 144 valence electrons. The fourth-order valence-electron chi connectivity index (χ4n) is 3.23. The fraction of sp³-hybridized carbons (Fsp3) is 0.429. The summed E-state index contributed by atoms with van der Waals surface area (Å²) in [6, 6.07) is 7.66. The van der Waals surface area contributed by atoms with E-state index in [1.165, 1.54) is 12.5 Å². The molecule has 1 aromatic rings. The van der Waals surface area contributed by atoms with Crippen LogP contribution in [0.3, 0.4) is 0 Å². The van der Waals surface area contributed by atoms with Crippen molar-refractivity contribution in [2.24, 2.45) is 0 Å². The van der Waals surface area contributed by atoms with E-state index in [1.54, 1.807) is 36.7 Å². The van der Waals surface area contributed by atoms with Gasteiger partial charge in [-0.15, -0.1) is 23.5 Å². The molecule has 0 unspecified atom stereocenters. The van der Waals surface area contributed by atoms with Crippen LogP contribution in [-0.2, 0) is 9.59 Å². The van der Waals surface area contributed by atoms with Crippen LogP contribution in [0.2, 0.25) is 0 Å². The van der Waals surface area contributed by atoms with Gasteiger partial charge in [-0.3, -0.25) is 9.59 Å². The van der Waals surface area contributed by atoms with E-state index in [2.05, 4.69) is 5.32 Å². The van der Waals surface area contributed by atoms with Gasteiger partial charge in [0.05, 0.1) is 11.3 Å². The van der Waals surface area contributed by atoms with Gasteiger partial charge in [0, 0.05) is 17.5 Å². The van der Waals surface area contributed by atoms with Crippen molar-refractivity contribution in [2.45, 2.75) is 38.1 Å². The van der Waals surface area contributed by atoms with E-state index in [1.807, 2.05) is 24.3 Å². The topological polar surface area (TPSA) is 55.4 Å². The van der Waals surface area contributed by atoms with Crippen molar-refractivity contribution >= 4 is 41.3 Å². The molecular formula is C21H25NO3S2. The van der Waals surface area contributed by atoms with Crippen LogP contribution in [-0.4, -0.2) is 36.3 Å². The van der Waals surface area contributed by atoms with Gasteiger partial charge in [-0.1, -0.05) is 37.5 Å². The molecule has 0 atom stereocenters. The Kier molecular flexibility index (Phi) is 7.47. The van der Waals surface area contributed by atoms with E-state index < -0.39 is 0 Å². The number of hydrogen-bond acceptors (Lipinski definition) is 5. The van der Waals surface area contributed by atoms with Crippen LogP contribution in [0.4, 0.5) is 0 Å². The number of ketones is 1. The Bertz CT molecular complexity index is 726. The highest BCUT2D eigenvalue weighted by Crippen LogP contribution is 2.39. The summed E-state index contributed by atoms with van der Waals surface area (Å²) >= 11 is 3.21. The molecule has 1 N–H and O–H groups in total. The van der Waals surface area contributed by atoms with E-state index in [0.29, 0.717) is 5.57 Å². The first kappa shape index (κ1) is 20.1. The number of nitrogens with one attached hydrogen (secondary N) is 1. The van der Waals surface area contributed by atoms with Crippen molar-refractivity contribution in [3.05, 3.63) is 45.7 Å². The van der Waals surface area contributed by atoms with Gasteiger partial charge in [0.15, 0.2) is 5.78 Å². The molecular weight excluding hydrogens is 378 g/mol. The predicted octanol–water partition coefficient (Wildman–Crippen LogP) is 4.42. The maximum absolute atomic E-state index is 12.9. The summed E-state index contributed by atoms with van der Waals surface area (Å²) < 4.78 is 6.00. The van der Waals surface area contributed by atoms with Gasteiger partial charge in [0.1, 0.15) is 11.3 Å². The van der Waals surface area contributed by atoms with Crippen molar-refractivity contribution < 1.29 is 14.3 Å². The van der Waals surface area contributed by atoms with Crippen LogP contribution in [0.15, 0.2) is 40.2 Å². The third kappa shape index (κ3) is 5.66. The summed E-state index contributed by atoms with van der Waals surface area (Å²) in [5.74, 6) is 2.21. The first-order chi connectivity index (χ1) is 13.2. The zero-order valence-corrected chi connectivity index (χ0v) is 17.2. The zero-order chi connectivity index (χ0) is 19.1. The molecule has 0 bridgehead atoms. The number of benzene rings is 1. The lowest BCUT2D eigenvalue weighted by molar-refractivity contribution is -0.121. The third-order valence-electron chi connectivity index (χ3n) is 4.71. The number of methoxy groups -OCH3 is 1. The SMILES string of the molecule is COc1ccc(/C=C/C(=O)C(C(=O)NC2CCCCC2)=C2SCCS2)cc1. The number of allylic oxidation sites excluding steroid dienone is 1. The Morgan fingerprint density at radius 3 is 2.37 bits per heavy atom. The average Bonchev–Trinajstić information content (AvgIpc) is 3.22. The maximum Gasteiger partial charge on any atom is 0.257 e. The second kappa shape index (κ2) is 10.0. The van der Waals surface area contributed by atoms with Crippen LogP contribution in [0.5, 0.6) is 5.75 Å². The predicted molar refractivity (Wildman–Crippen MR) is 114 cm³/mol. The van der Waals surface area contributed by atoms with E-state index in [-0.39, 0.29) is 17.7 Å². The summed E-state index contributed by atoms with van der Waals surface area (Å²) in [6.45, 7) is 0. The van der Waals surface area contributed by atoms with Crippen LogP contribution < -0.4 is 10.1 Å². The Hall–Kier alpha value is -1.66. The molecule has 0 radical (unpaired) electrons. The largest absolute Gasteiger partial charge is 0.497 e. The average molecular weight is 404 g/mol. The number of carbonyl (C=O) groups is 2. The van der Waals surface area contributed by atoms with Crippen molar-refractivity contribution in [3.8, 4) is 5.75 Å². The second-order valence-electron chi connectivity index (χ2n) is 6.64. The fourth-order valence-corrected chi connectivity index (χ4v) is 5.78. The van der Waals surface area contributed by atoms with Gasteiger partial charge in [-0.2, -0.15) is 0 Å². The lowest BCUT2D eigenvalue weighted by Crippen LogP contribution is -2.38. The molecule has 0 aromatic heterocycles. The van der Waals surface area contributed by atoms with Crippen molar-refractivity contribution in [1.29, 1.82) is 0 Å². The molecule has 0 spiro atoms. The highest BCUT2D eigenvalue weighted by atomic mass is 32.2. The molecule has 1 aromatic carbocycles. The Balaban J connectivity index is 1.73. The summed E-state index contributed by atoms with van der Waals surface area (Å²) in [6.07, 6.45) is 8.78. The molecule has 27 heavy (non-hydrogen) atoms. The molecule has 1 heterocycles. The van der Waals surface area contributed by atoms with Crippen LogP contribution >= 0.6 is 23.5 Å². The lowest BCUT2D eigenvalue weighted by atomic mass is 9.95. The number of amides is 1. The monoisotopic (exact) mass is 403 g/mol. The van der Waals surface area contributed by atoms with Crippen LogP contribution in [0.1, 0.15) is 37.7 Å². The lowest BCUT2D eigenvalue weighted by Gasteiger charge is -2.23. The molecule has 1 saturated carbocycles. The van der Waals surface area contributed by atoms with Gasteiger partial charge in [0.25, 0.3) is 5.91 Å². The summed E-state index contributed by atoms with van der Waals surface area (Å²) in [5.41, 5.74) is 1.20. The number of rotatable bonds is 6. The summed E-state index contributed by atoms with van der Waals surface area (Å²) in [5, 5.41) is 3.10. The highest BCUT2D eigenvalue weighted by molar-refractivity contribution is 8.25. The maximum atomic E-state index is 12.9. The number of ether oxygens (including phenoxy) is 1. The molecule has 1 aliphatic carbocycles. The van der Waals surface area contributed by atoms with E-state index in [4.69, 9.17) is 4.74 Å². The summed E-state index contributed by atoms with van der Waals surface area (Å²) in [7, 11) is 1.62. The van der Waals surface area contributed by atoms with Crippen molar-refractivity contribution in [2.75, 3.05) is 18.6 Å². The van der Waals surface area contributed by atoms with Gasteiger partial charge in [0.2, 0.25) is 0 Å². The number of carbonyl (C=O) groups excluding carboxylic acids is 2. The Morgan fingerprint density at radius 1 is 1.07 bits per heavy atom. The third-order valence-corrected chi connectivity index (χ3v) is 7.43. The van der Waals surface area contributed by atoms with Crippen molar-refractivity contribution in [3.63, 3.8) is 0 Å². The Labute approximate surface area is 169 Å². The smallest absolute Gasteiger partial charge is 0.257 e. The quantitative estimate of drug-likeness (QED) is 0.433. The standard InChI is InChI=1S/C21H25NO3S2/c1-25-17-10-7-15(8-11-17)9-12-18(23)19(21-26-13-14-27-21)20(24)22-16-5-3-2-4-6-16/h7-12,16H,2-6,13-14H2,1H3,(H,22,24)/b12-9+. The zero-order valence-electron chi connectivity index (χ0n) is 15.5. The molecule has 4 nitrogen and oxygen atoms in total. The van der Waals surface area contributed by atoms with Crippen LogP contribution in [0, 0.1) is 0 Å². The molecule has 3 rings (SSSR count). The second-order valence-corrected chi connectivity index (χ2v) is 9.11.